The maximum absolute atomic E-state index is 11.1. The Morgan fingerprint density at radius 1 is 1.83 bits per heavy atom. The summed E-state index contributed by atoms with van der Waals surface area (Å²) >= 11 is 1.18. The van der Waals surface area contributed by atoms with Crippen LogP contribution in [0.1, 0.15) is 9.67 Å². The first kappa shape index (κ1) is 8.62. The second-order valence-electron chi connectivity index (χ2n) is 2.06. The Morgan fingerprint density at radius 3 is 3.08 bits per heavy atom. The van der Waals surface area contributed by atoms with Crippen LogP contribution in [0.3, 0.4) is 0 Å². The van der Waals surface area contributed by atoms with Crippen LogP contribution >= 0.6 is 11.3 Å². The Kier molecular flexibility index (Phi) is 2.72. The lowest BCUT2D eigenvalue weighted by atomic mass is 10.4. The lowest BCUT2D eigenvalue weighted by Gasteiger charge is -1.95. The quantitative estimate of drug-likeness (QED) is 0.663. The summed E-state index contributed by atoms with van der Waals surface area (Å²) in [6.45, 7) is 0.206. The van der Waals surface area contributed by atoms with E-state index in [0.717, 1.165) is 0 Å². The van der Waals surface area contributed by atoms with E-state index in [-0.39, 0.29) is 18.2 Å². The first-order valence-electron chi connectivity index (χ1n) is 3.23. The largest absolute Gasteiger partial charge is 0.507 e. The summed E-state index contributed by atoms with van der Waals surface area (Å²) < 4.78 is 0. The molecule has 0 saturated heterocycles. The lowest BCUT2D eigenvalue weighted by Crippen LogP contribution is -2.22. The van der Waals surface area contributed by atoms with Crippen LogP contribution in [-0.4, -0.2) is 17.6 Å². The highest BCUT2D eigenvalue weighted by molar-refractivity contribution is 7.12. The monoisotopic (exact) mass is 181 g/mol. The molecule has 1 amide bonds. The number of carbonyl (C=O) groups is 1. The zero-order valence-corrected chi connectivity index (χ0v) is 7.02. The van der Waals surface area contributed by atoms with Crippen LogP contribution in [0.2, 0.25) is 0 Å². The van der Waals surface area contributed by atoms with Crippen LogP contribution in [0.25, 0.3) is 0 Å². The molecule has 2 N–H and O–H groups in total. The van der Waals surface area contributed by atoms with Crippen molar-refractivity contribution in [3.63, 3.8) is 0 Å². The maximum Gasteiger partial charge on any atom is 0.262 e. The molecule has 0 radical (unpaired) electrons. The van der Waals surface area contributed by atoms with Gasteiger partial charge in [-0.3, -0.25) is 4.79 Å². The molecular formula is C8H7NO2S. The molecule has 1 heterocycles. The SMILES string of the molecule is C#CCNC(=O)c1cc(O)cs1. The molecular weight excluding hydrogens is 174 g/mol. The van der Waals surface area contributed by atoms with Crippen molar-refractivity contribution in [2.75, 3.05) is 6.54 Å². The number of thiophene rings is 1. The molecule has 4 heteroatoms. The average molecular weight is 181 g/mol. The standard InChI is InChI=1S/C8H7NO2S/c1-2-3-9-8(11)7-4-6(10)5-12-7/h1,4-5,10H,3H2,(H,9,11). The molecule has 0 aliphatic carbocycles. The van der Waals surface area contributed by atoms with Crippen LogP contribution in [-0.2, 0) is 0 Å². The van der Waals surface area contributed by atoms with Gasteiger partial charge in [0.1, 0.15) is 5.75 Å². The van der Waals surface area contributed by atoms with E-state index in [1.807, 2.05) is 0 Å². The van der Waals surface area contributed by atoms with Crippen LogP contribution in [0.15, 0.2) is 11.4 Å². The van der Waals surface area contributed by atoms with Gasteiger partial charge in [0.25, 0.3) is 5.91 Å². The summed E-state index contributed by atoms with van der Waals surface area (Å²) in [5.74, 6) is 2.14. The van der Waals surface area contributed by atoms with Gasteiger partial charge in [0.15, 0.2) is 0 Å². The molecule has 0 bridgehead atoms. The van der Waals surface area contributed by atoms with E-state index in [0.29, 0.717) is 4.88 Å². The van der Waals surface area contributed by atoms with Gasteiger partial charge in [-0.25, -0.2) is 0 Å². The zero-order chi connectivity index (χ0) is 8.97. The molecule has 1 aromatic heterocycles. The van der Waals surface area contributed by atoms with Crippen molar-refractivity contribution in [3.05, 3.63) is 16.3 Å². The minimum Gasteiger partial charge on any atom is -0.507 e. The van der Waals surface area contributed by atoms with Gasteiger partial charge in [0.2, 0.25) is 0 Å². The van der Waals surface area contributed by atoms with Gasteiger partial charge in [-0.15, -0.1) is 17.8 Å². The molecule has 3 nitrogen and oxygen atoms in total. The fourth-order valence-corrected chi connectivity index (χ4v) is 1.35. The predicted molar refractivity (Wildman–Crippen MR) is 47.2 cm³/mol. The molecule has 1 aromatic rings. The minimum absolute atomic E-state index is 0.103. The first-order chi connectivity index (χ1) is 5.74. The van der Waals surface area contributed by atoms with E-state index in [1.54, 1.807) is 0 Å². The molecule has 62 valence electrons. The number of aromatic hydroxyl groups is 1. The molecule has 0 fully saturated rings. The summed E-state index contributed by atoms with van der Waals surface area (Å²) in [5, 5.41) is 12.9. The fraction of sp³-hybridized carbons (Fsp3) is 0.125. The van der Waals surface area contributed by atoms with Crippen LogP contribution < -0.4 is 5.32 Å². The van der Waals surface area contributed by atoms with Crippen molar-refractivity contribution in [2.24, 2.45) is 0 Å². The molecule has 1 rings (SSSR count). The molecule has 0 aromatic carbocycles. The highest BCUT2D eigenvalue weighted by atomic mass is 32.1. The van der Waals surface area contributed by atoms with Gasteiger partial charge in [-0.1, -0.05) is 5.92 Å². The maximum atomic E-state index is 11.1. The van der Waals surface area contributed by atoms with Crippen molar-refractivity contribution in [3.8, 4) is 18.1 Å². The van der Waals surface area contributed by atoms with Crippen molar-refractivity contribution in [1.29, 1.82) is 0 Å². The van der Waals surface area contributed by atoms with Crippen LogP contribution in [0.4, 0.5) is 0 Å². The van der Waals surface area contributed by atoms with Gasteiger partial charge in [-0.05, 0) is 0 Å². The van der Waals surface area contributed by atoms with Crippen molar-refractivity contribution < 1.29 is 9.90 Å². The topological polar surface area (TPSA) is 49.3 Å². The first-order valence-corrected chi connectivity index (χ1v) is 4.11. The third-order valence-corrected chi connectivity index (χ3v) is 2.08. The molecule has 12 heavy (non-hydrogen) atoms. The molecule has 0 aliphatic heterocycles. The molecule has 0 unspecified atom stereocenters. The normalized spacial score (nSPS) is 8.92. The van der Waals surface area contributed by atoms with Gasteiger partial charge in [-0.2, -0.15) is 0 Å². The Hall–Kier alpha value is -1.47. The minimum atomic E-state index is -0.252. The Bertz CT molecular complexity index is 324. The Balaban J connectivity index is 2.61. The number of amides is 1. The van der Waals surface area contributed by atoms with E-state index in [9.17, 15) is 4.79 Å². The van der Waals surface area contributed by atoms with Gasteiger partial charge in [0.05, 0.1) is 11.4 Å². The molecule has 0 spiro atoms. The van der Waals surface area contributed by atoms with E-state index in [1.165, 1.54) is 22.8 Å². The third kappa shape index (κ3) is 2.01. The molecule has 0 aliphatic rings. The van der Waals surface area contributed by atoms with Crippen molar-refractivity contribution >= 4 is 17.2 Å². The third-order valence-electron chi connectivity index (χ3n) is 1.16. The fourth-order valence-electron chi connectivity index (χ4n) is 0.664. The van der Waals surface area contributed by atoms with Gasteiger partial charge in [0, 0.05) is 11.4 Å². The summed E-state index contributed by atoms with van der Waals surface area (Å²) in [5.41, 5.74) is 0. The average Bonchev–Trinajstić information content (AvgIpc) is 2.47. The Morgan fingerprint density at radius 2 is 2.58 bits per heavy atom. The summed E-state index contributed by atoms with van der Waals surface area (Å²) in [6.07, 6.45) is 4.95. The number of hydrogen-bond acceptors (Lipinski definition) is 3. The zero-order valence-electron chi connectivity index (χ0n) is 6.20. The van der Waals surface area contributed by atoms with E-state index < -0.39 is 0 Å². The van der Waals surface area contributed by atoms with Crippen molar-refractivity contribution in [2.45, 2.75) is 0 Å². The Labute approximate surface area is 74.0 Å². The molecule has 0 saturated carbocycles. The summed E-state index contributed by atoms with van der Waals surface area (Å²) in [6, 6.07) is 1.40. The summed E-state index contributed by atoms with van der Waals surface area (Å²) in [4.78, 5) is 11.6. The van der Waals surface area contributed by atoms with Crippen LogP contribution in [0, 0.1) is 12.3 Å². The predicted octanol–water partition coefficient (Wildman–Crippen LogP) is 0.817. The number of carbonyl (C=O) groups excluding carboxylic acids is 1. The number of rotatable bonds is 2. The highest BCUT2D eigenvalue weighted by Crippen LogP contribution is 2.19. The number of terminal acetylenes is 1. The lowest BCUT2D eigenvalue weighted by molar-refractivity contribution is 0.0962. The number of hydrogen-bond donors (Lipinski definition) is 2. The van der Waals surface area contributed by atoms with E-state index >= 15 is 0 Å². The van der Waals surface area contributed by atoms with Crippen molar-refractivity contribution in [1.82, 2.24) is 5.32 Å². The van der Waals surface area contributed by atoms with E-state index in [4.69, 9.17) is 11.5 Å². The van der Waals surface area contributed by atoms with Gasteiger partial charge >= 0.3 is 0 Å². The second-order valence-corrected chi connectivity index (χ2v) is 2.97. The van der Waals surface area contributed by atoms with Gasteiger partial charge < -0.3 is 10.4 Å². The van der Waals surface area contributed by atoms with Crippen LogP contribution in [0.5, 0.6) is 5.75 Å². The summed E-state index contributed by atoms with van der Waals surface area (Å²) in [7, 11) is 0. The smallest absolute Gasteiger partial charge is 0.262 e. The highest BCUT2D eigenvalue weighted by Gasteiger charge is 2.06. The second kappa shape index (κ2) is 3.79. The molecule has 0 atom stereocenters. The number of nitrogens with one attached hydrogen (secondary N) is 1. The van der Waals surface area contributed by atoms with E-state index in [2.05, 4.69) is 11.2 Å².